The summed E-state index contributed by atoms with van der Waals surface area (Å²) in [5.41, 5.74) is 1.99. The number of fused-ring (bicyclic) bond motifs is 1. The second-order valence-corrected chi connectivity index (χ2v) is 9.39. The van der Waals surface area contributed by atoms with Crippen LogP contribution in [0.1, 0.15) is 37.8 Å². The summed E-state index contributed by atoms with van der Waals surface area (Å²) in [6.07, 6.45) is 6.47. The van der Waals surface area contributed by atoms with E-state index in [-0.39, 0.29) is 25.4 Å². The summed E-state index contributed by atoms with van der Waals surface area (Å²) in [6.45, 7) is 4.45. The zero-order valence-corrected chi connectivity index (χ0v) is 20.0. The molecule has 1 aliphatic rings. The van der Waals surface area contributed by atoms with Crippen LogP contribution in [-0.2, 0) is 27.4 Å². The van der Waals surface area contributed by atoms with Crippen LogP contribution in [0.5, 0.6) is 0 Å². The summed E-state index contributed by atoms with van der Waals surface area (Å²) < 4.78 is 7.82. The molecule has 0 radical (unpaired) electrons. The van der Waals surface area contributed by atoms with E-state index in [0.717, 1.165) is 16.8 Å². The Morgan fingerprint density at radius 2 is 2.00 bits per heavy atom. The molecule has 3 aromatic rings. The molecule has 0 saturated heterocycles. The van der Waals surface area contributed by atoms with E-state index in [1.54, 1.807) is 6.20 Å². The monoisotopic (exact) mass is 478 g/mol. The van der Waals surface area contributed by atoms with Gasteiger partial charge in [0.05, 0.1) is 24.9 Å². The van der Waals surface area contributed by atoms with Crippen LogP contribution in [0, 0.1) is 5.92 Å². The van der Waals surface area contributed by atoms with Crippen molar-refractivity contribution >= 4 is 24.4 Å². The van der Waals surface area contributed by atoms with Crippen molar-refractivity contribution in [3.05, 3.63) is 72.2 Å². The Kier molecular flexibility index (Phi) is 7.85. The van der Waals surface area contributed by atoms with Crippen molar-refractivity contribution in [2.24, 2.45) is 11.1 Å². The third kappa shape index (κ3) is 6.08. The average Bonchev–Trinajstić information content (AvgIpc) is 3.47. The van der Waals surface area contributed by atoms with Crippen LogP contribution in [0.15, 0.2) is 66.2 Å². The third-order valence-electron chi connectivity index (χ3n) is 6.01. The molecule has 0 saturated carbocycles. The molecule has 0 fully saturated rings. The molecule has 4 rings (SSSR count). The van der Waals surface area contributed by atoms with Crippen molar-refractivity contribution in [2.75, 3.05) is 6.61 Å². The first-order valence-electron chi connectivity index (χ1n) is 11.8. The largest absolute Gasteiger partial charge is 0.475 e. The highest BCUT2D eigenvalue weighted by Crippen LogP contribution is 2.30. The third-order valence-corrected chi connectivity index (χ3v) is 6.01. The predicted octanol–water partition coefficient (Wildman–Crippen LogP) is 2.15. The van der Waals surface area contributed by atoms with E-state index >= 15 is 0 Å². The topological polar surface area (TPSA) is 118 Å². The van der Waals surface area contributed by atoms with Gasteiger partial charge in [0.15, 0.2) is 0 Å². The minimum Gasteiger partial charge on any atom is -0.426 e. The summed E-state index contributed by atoms with van der Waals surface area (Å²) in [4.78, 5) is 23.6. The molecule has 2 aromatic heterocycles. The Morgan fingerprint density at radius 3 is 2.74 bits per heavy atom. The molecule has 0 bridgehead atoms. The number of nitrogens with one attached hydrogen (secondary N) is 1. The highest BCUT2D eigenvalue weighted by Gasteiger charge is 2.48. The molecule has 1 aliphatic heterocycles. The van der Waals surface area contributed by atoms with E-state index in [4.69, 9.17) is 9.57 Å². The van der Waals surface area contributed by atoms with Crippen molar-refractivity contribution in [2.45, 2.75) is 51.3 Å². The number of oxime groups is 1. The number of hydrogen-bond acceptors (Lipinski definition) is 7. The van der Waals surface area contributed by atoms with Gasteiger partial charge < -0.3 is 29.3 Å². The number of amides is 1. The number of nitrogens with zero attached hydrogens (tertiary/aromatic N) is 3. The molecule has 184 valence electrons. The number of rotatable bonds is 11. The summed E-state index contributed by atoms with van der Waals surface area (Å²) in [7, 11) is -1.68. The summed E-state index contributed by atoms with van der Waals surface area (Å²) in [6, 6.07) is 13.4. The lowest BCUT2D eigenvalue weighted by Crippen LogP contribution is -2.56. The van der Waals surface area contributed by atoms with Gasteiger partial charge in [0, 0.05) is 37.0 Å². The van der Waals surface area contributed by atoms with E-state index < -0.39 is 24.6 Å². The second kappa shape index (κ2) is 11.0. The molecule has 9 nitrogen and oxygen atoms in total. The minimum absolute atomic E-state index is 0.163. The Bertz CT molecular complexity index is 1170. The molecule has 3 N–H and O–H groups in total. The second-order valence-electron chi connectivity index (χ2n) is 9.39. The van der Waals surface area contributed by atoms with Gasteiger partial charge in [-0.3, -0.25) is 4.79 Å². The summed E-state index contributed by atoms with van der Waals surface area (Å²) in [5, 5.41) is 26.6. The molecular weight excluding hydrogens is 447 g/mol. The van der Waals surface area contributed by atoms with Crippen LogP contribution in [-0.4, -0.2) is 56.3 Å². The Labute approximate surface area is 204 Å². The van der Waals surface area contributed by atoms with Gasteiger partial charge in [-0.15, -0.1) is 0 Å². The lowest BCUT2D eigenvalue weighted by Gasteiger charge is -2.29. The summed E-state index contributed by atoms with van der Waals surface area (Å²) in [5.74, 6) is -1.08. The smallest absolute Gasteiger partial charge is 0.426 e. The van der Waals surface area contributed by atoms with Crippen molar-refractivity contribution in [1.82, 2.24) is 14.7 Å². The molecule has 35 heavy (non-hydrogen) atoms. The van der Waals surface area contributed by atoms with E-state index in [2.05, 4.69) is 15.5 Å². The van der Waals surface area contributed by atoms with E-state index in [9.17, 15) is 14.8 Å². The molecule has 3 heterocycles. The number of imidazole rings is 1. The fourth-order valence-electron chi connectivity index (χ4n) is 4.31. The molecule has 1 amide bonds. The molecule has 1 aromatic carbocycles. The van der Waals surface area contributed by atoms with Gasteiger partial charge in [0.1, 0.15) is 5.65 Å². The first-order valence-corrected chi connectivity index (χ1v) is 11.8. The van der Waals surface area contributed by atoms with Crippen LogP contribution in [0.2, 0.25) is 0 Å². The maximum absolute atomic E-state index is 13.4. The standard InChI is InChI=1S/C25H31BN4O5/c1-18(2)13-22(26(32)33)28-24(31)25(14-19-7-4-3-5-8-19)15-21(29-35-25)17-34-16-20-9-6-11-30-12-10-27-23(20)30/h3-12,18,22,32-33H,13-17H2,1-2H3,(H,28,31)/t22-,25?/m0/s1. The fourth-order valence-corrected chi connectivity index (χ4v) is 4.31. The lowest BCUT2D eigenvalue weighted by molar-refractivity contribution is -0.144. The molecule has 1 unspecified atom stereocenters. The van der Waals surface area contributed by atoms with Crippen molar-refractivity contribution in [3.63, 3.8) is 0 Å². The van der Waals surface area contributed by atoms with Gasteiger partial charge in [-0.2, -0.15) is 0 Å². The number of pyridine rings is 1. The Morgan fingerprint density at radius 1 is 1.20 bits per heavy atom. The van der Waals surface area contributed by atoms with E-state index in [1.807, 2.05) is 73.1 Å². The minimum atomic E-state index is -1.68. The van der Waals surface area contributed by atoms with Gasteiger partial charge in [0.2, 0.25) is 5.60 Å². The van der Waals surface area contributed by atoms with Crippen LogP contribution < -0.4 is 5.32 Å². The van der Waals surface area contributed by atoms with Crippen LogP contribution >= 0.6 is 0 Å². The van der Waals surface area contributed by atoms with Crippen molar-refractivity contribution in [1.29, 1.82) is 0 Å². The zero-order valence-electron chi connectivity index (χ0n) is 20.0. The normalized spacial score (nSPS) is 18.4. The number of hydrogen-bond donors (Lipinski definition) is 3. The highest BCUT2D eigenvalue weighted by molar-refractivity contribution is 6.43. The maximum Gasteiger partial charge on any atom is 0.475 e. The number of ether oxygens (including phenoxy) is 1. The van der Waals surface area contributed by atoms with Gasteiger partial charge in [0.25, 0.3) is 5.91 Å². The van der Waals surface area contributed by atoms with Gasteiger partial charge in [-0.25, -0.2) is 4.98 Å². The average molecular weight is 478 g/mol. The van der Waals surface area contributed by atoms with Crippen LogP contribution in [0.25, 0.3) is 5.65 Å². The van der Waals surface area contributed by atoms with Gasteiger partial charge in [-0.1, -0.05) is 55.4 Å². The van der Waals surface area contributed by atoms with Crippen LogP contribution in [0.3, 0.4) is 0 Å². The zero-order chi connectivity index (χ0) is 24.8. The first-order chi connectivity index (χ1) is 16.9. The Hall–Kier alpha value is -3.21. The van der Waals surface area contributed by atoms with Gasteiger partial charge in [-0.05, 0) is 24.0 Å². The highest BCUT2D eigenvalue weighted by atomic mass is 16.7. The first kappa shape index (κ1) is 24.9. The quantitative estimate of drug-likeness (QED) is 0.364. The molecular formula is C25H31BN4O5. The van der Waals surface area contributed by atoms with E-state index in [0.29, 0.717) is 18.7 Å². The maximum atomic E-state index is 13.4. The number of benzene rings is 1. The molecule has 2 atom stereocenters. The molecule has 10 heteroatoms. The summed E-state index contributed by atoms with van der Waals surface area (Å²) >= 11 is 0. The van der Waals surface area contributed by atoms with E-state index in [1.165, 1.54) is 0 Å². The van der Waals surface area contributed by atoms with Crippen LogP contribution in [0.4, 0.5) is 0 Å². The van der Waals surface area contributed by atoms with Crippen molar-refractivity contribution < 1.29 is 24.4 Å². The predicted molar refractivity (Wildman–Crippen MR) is 132 cm³/mol. The van der Waals surface area contributed by atoms with Crippen molar-refractivity contribution in [3.8, 4) is 0 Å². The molecule has 0 aliphatic carbocycles. The molecule has 0 spiro atoms. The number of aromatic nitrogens is 2. The number of carbonyl (C=O) groups is 1. The number of carbonyl (C=O) groups excluding carboxylic acids is 1. The SMILES string of the molecule is CC(C)C[C@H](NC(=O)C1(Cc2ccccc2)CC(COCc2cccn3ccnc23)=NO1)B(O)O. The Balaban J connectivity index is 1.44. The fraction of sp³-hybridized carbons (Fsp3) is 0.400. The lowest BCUT2D eigenvalue weighted by atomic mass is 9.74. The van der Waals surface area contributed by atoms with Gasteiger partial charge >= 0.3 is 7.12 Å².